The largest absolute Gasteiger partial charge is 0.482 e. The molecule has 0 saturated heterocycles. The average Bonchev–Trinajstić information content (AvgIpc) is 2.73. The molecule has 30 heavy (non-hydrogen) atoms. The van der Waals surface area contributed by atoms with Crippen LogP contribution in [0.3, 0.4) is 0 Å². The highest BCUT2D eigenvalue weighted by molar-refractivity contribution is 7.89. The summed E-state index contributed by atoms with van der Waals surface area (Å²) in [7, 11) is -2.61. The summed E-state index contributed by atoms with van der Waals surface area (Å²) < 4.78 is 37.2. The van der Waals surface area contributed by atoms with Gasteiger partial charge in [0, 0.05) is 18.1 Å². The Morgan fingerprint density at radius 3 is 2.40 bits per heavy atom. The van der Waals surface area contributed by atoms with E-state index >= 15 is 0 Å². The first-order valence-corrected chi connectivity index (χ1v) is 11.0. The van der Waals surface area contributed by atoms with Crippen molar-refractivity contribution >= 4 is 39.2 Å². The third kappa shape index (κ3) is 5.50. The SMILES string of the molecule is CCN(CC)S(=O)(=O)c1cc(Cl)ccc1OCC(=O)Nc1ccccc1C(=O)OC. The molecule has 2 rings (SSSR count). The molecule has 0 spiro atoms. The van der Waals surface area contributed by atoms with Crippen LogP contribution in [0.15, 0.2) is 47.4 Å². The number of carbonyl (C=O) groups is 2. The molecule has 0 unspecified atom stereocenters. The van der Waals surface area contributed by atoms with E-state index in [9.17, 15) is 18.0 Å². The molecular weight excluding hydrogens is 432 g/mol. The quantitative estimate of drug-likeness (QED) is 0.584. The maximum absolute atomic E-state index is 12.9. The highest BCUT2D eigenvalue weighted by Gasteiger charge is 2.26. The van der Waals surface area contributed by atoms with E-state index in [-0.39, 0.29) is 40.0 Å². The fraction of sp³-hybridized carbons (Fsp3) is 0.300. The molecule has 0 aliphatic carbocycles. The van der Waals surface area contributed by atoms with Crippen LogP contribution in [0.2, 0.25) is 5.02 Å². The van der Waals surface area contributed by atoms with Crippen molar-refractivity contribution in [3.63, 3.8) is 0 Å². The third-order valence-electron chi connectivity index (χ3n) is 4.19. The maximum atomic E-state index is 12.9. The number of hydrogen-bond acceptors (Lipinski definition) is 6. The van der Waals surface area contributed by atoms with Crippen molar-refractivity contribution in [1.82, 2.24) is 4.31 Å². The van der Waals surface area contributed by atoms with Crippen molar-refractivity contribution in [2.45, 2.75) is 18.7 Å². The number of rotatable bonds is 9. The van der Waals surface area contributed by atoms with E-state index in [0.29, 0.717) is 0 Å². The fourth-order valence-corrected chi connectivity index (χ4v) is 4.57. The van der Waals surface area contributed by atoms with Gasteiger partial charge in [0.15, 0.2) is 6.61 Å². The molecule has 0 fully saturated rings. The zero-order chi connectivity index (χ0) is 22.3. The van der Waals surface area contributed by atoms with Crippen molar-refractivity contribution in [3.8, 4) is 5.75 Å². The Hall–Kier alpha value is -2.62. The number of para-hydroxylation sites is 1. The van der Waals surface area contributed by atoms with Gasteiger partial charge in [0.1, 0.15) is 10.6 Å². The first kappa shape index (κ1) is 23.7. The van der Waals surface area contributed by atoms with E-state index in [1.165, 1.54) is 35.7 Å². The molecule has 0 aliphatic rings. The second-order valence-electron chi connectivity index (χ2n) is 6.05. The summed E-state index contributed by atoms with van der Waals surface area (Å²) in [5.41, 5.74) is 0.440. The molecule has 0 bridgehead atoms. The number of nitrogens with one attached hydrogen (secondary N) is 1. The standard InChI is InChI=1S/C20H23ClN2O6S/c1-4-23(5-2)30(26,27)18-12-14(21)10-11-17(18)29-13-19(24)22-16-9-7-6-8-15(16)20(25)28-3/h6-12H,4-5,13H2,1-3H3,(H,22,24). The number of halogens is 1. The lowest BCUT2D eigenvalue weighted by Crippen LogP contribution is -2.31. The molecule has 0 aliphatic heterocycles. The smallest absolute Gasteiger partial charge is 0.339 e. The zero-order valence-corrected chi connectivity index (χ0v) is 18.4. The fourth-order valence-electron chi connectivity index (χ4n) is 2.72. The molecule has 1 N–H and O–H groups in total. The van der Waals surface area contributed by atoms with Crippen LogP contribution in [0.1, 0.15) is 24.2 Å². The number of carbonyl (C=O) groups excluding carboxylic acids is 2. The van der Waals surface area contributed by atoms with Crippen LogP contribution in [0.25, 0.3) is 0 Å². The van der Waals surface area contributed by atoms with Crippen LogP contribution in [0.4, 0.5) is 5.69 Å². The van der Waals surface area contributed by atoms with Gasteiger partial charge in [-0.3, -0.25) is 4.79 Å². The van der Waals surface area contributed by atoms with Gasteiger partial charge in [-0.2, -0.15) is 4.31 Å². The van der Waals surface area contributed by atoms with E-state index in [1.807, 2.05) is 0 Å². The van der Waals surface area contributed by atoms with Crippen LogP contribution in [0, 0.1) is 0 Å². The summed E-state index contributed by atoms with van der Waals surface area (Å²) in [6.07, 6.45) is 0. The molecule has 0 aromatic heterocycles. The topological polar surface area (TPSA) is 102 Å². The molecule has 2 aromatic rings. The Kier molecular flexibility index (Phi) is 8.22. The molecule has 0 saturated carbocycles. The molecule has 0 atom stereocenters. The zero-order valence-electron chi connectivity index (χ0n) is 16.8. The minimum absolute atomic E-state index is 0.00250. The second-order valence-corrected chi connectivity index (χ2v) is 8.40. The number of sulfonamides is 1. The predicted octanol–water partition coefficient (Wildman–Crippen LogP) is 3.17. The highest BCUT2D eigenvalue weighted by atomic mass is 35.5. The summed E-state index contributed by atoms with van der Waals surface area (Å²) in [5.74, 6) is -1.17. The third-order valence-corrected chi connectivity index (χ3v) is 6.50. The van der Waals surface area contributed by atoms with Crippen molar-refractivity contribution in [3.05, 3.63) is 53.1 Å². The van der Waals surface area contributed by atoms with E-state index in [4.69, 9.17) is 21.1 Å². The Bertz CT molecular complexity index is 1020. The molecule has 1 amide bonds. The number of ether oxygens (including phenoxy) is 2. The average molecular weight is 455 g/mol. The van der Waals surface area contributed by atoms with E-state index < -0.39 is 28.5 Å². The second kappa shape index (κ2) is 10.4. The van der Waals surface area contributed by atoms with Crippen LogP contribution in [0.5, 0.6) is 5.75 Å². The number of benzene rings is 2. The first-order chi connectivity index (χ1) is 14.2. The van der Waals surface area contributed by atoms with Gasteiger partial charge < -0.3 is 14.8 Å². The minimum atomic E-state index is -3.85. The normalized spacial score (nSPS) is 11.2. The lowest BCUT2D eigenvalue weighted by atomic mass is 10.2. The van der Waals surface area contributed by atoms with Gasteiger partial charge in [-0.15, -0.1) is 0 Å². The number of esters is 1. The molecule has 8 nitrogen and oxygen atoms in total. The van der Waals surface area contributed by atoms with Crippen molar-refractivity contribution in [2.24, 2.45) is 0 Å². The van der Waals surface area contributed by atoms with Gasteiger partial charge in [0.2, 0.25) is 10.0 Å². The molecule has 0 heterocycles. The Balaban J connectivity index is 2.21. The first-order valence-electron chi connectivity index (χ1n) is 9.14. The van der Waals surface area contributed by atoms with Gasteiger partial charge in [0.05, 0.1) is 18.4 Å². The number of nitrogens with zero attached hydrogens (tertiary/aromatic N) is 1. The molecule has 0 radical (unpaired) electrons. The van der Waals surface area contributed by atoms with Crippen LogP contribution in [-0.4, -0.2) is 51.4 Å². The molecular formula is C20H23ClN2O6S. The lowest BCUT2D eigenvalue weighted by Gasteiger charge is -2.20. The van der Waals surface area contributed by atoms with E-state index in [2.05, 4.69) is 5.32 Å². The highest BCUT2D eigenvalue weighted by Crippen LogP contribution is 2.30. The van der Waals surface area contributed by atoms with Crippen LogP contribution < -0.4 is 10.1 Å². The summed E-state index contributed by atoms with van der Waals surface area (Å²) in [6.45, 7) is 3.51. The van der Waals surface area contributed by atoms with E-state index in [0.717, 1.165) is 0 Å². The van der Waals surface area contributed by atoms with Gasteiger partial charge in [-0.1, -0.05) is 37.6 Å². The molecule has 162 valence electrons. The Morgan fingerprint density at radius 2 is 1.77 bits per heavy atom. The summed E-state index contributed by atoms with van der Waals surface area (Å²) >= 11 is 5.98. The van der Waals surface area contributed by atoms with Crippen LogP contribution in [-0.2, 0) is 19.6 Å². The van der Waals surface area contributed by atoms with Crippen molar-refractivity contribution in [1.29, 1.82) is 0 Å². The predicted molar refractivity (Wildman–Crippen MR) is 113 cm³/mol. The van der Waals surface area contributed by atoms with Crippen molar-refractivity contribution < 1.29 is 27.5 Å². The van der Waals surface area contributed by atoms with Gasteiger partial charge >= 0.3 is 5.97 Å². The van der Waals surface area contributed by atoms with Crippen molar-refractivity contribution in [2.75, 3.05) is 32.1 Å². The summed E-state index contributed by atoms with van der Waals surface area (Å²) in [6, 6.07) is 10.5. The Morgan fingerprint density at radius 1 is 1.10 bits per heavy atom. The van der Waals surface area contributed by atoms with Gasteiger partial charge in [-0.25, -0.2) is 13.2 Å². The minimum Gasteiger partial charge on any atom is -0.482 e. The van der Waals surface area contributed by atoms with Gasteiger partial charge in [0.25, 0.3) is 5.91 Å². The molecule has 2 aromatic carbocycles. The number of methoxy groups -OCH3 is 1. The monoisotopic (exact) mass is 454 g/mol. The number of anilines is 1. The van der Waals surface area contributed by atoms with Crippen LogP contribution >= 0.6 is 11.6 Å². The lowest BCUT2D eigenvalue weighted by molar-refractivity contribution is -0.118. The van der Waals surface area contributed by atoms with E-state index in [1.54, 1.807) is 32.0 Å². The maximum Gasteiger partial charge on any atom is 0.339 e. The van der Waals surface area contributed by atoms with Gasteiger partial charge in [-0.05, 0) is 30.3 Å². The Labute approximate surface area is 180 Å². The number of amides is 1. The molecule has 10 heteroatoms. The summed E-state index contributed by atoms with van der Waals surface area (Å²) in [4.78, 5) is 24.0. The number of hydrogen-bond donors (Lipinski definition) is 1. The summed E-state index contributed by atoms with van der Waals surface area (Å²) in [5, 5.41) is 2.79.